The standard InChI is InChI=1S/C21H24Cl3N3O4S/c1-4-25-21(29)14(2)26(12-15-5-6-17(23)11-19(15)24)20(28)13-27(32(3,30)31)18-9-7-16(22)8-10-18/h5-11,14H,4,12-13H2,1-3H3,(H,25,29)/t14-/m0/s1. The molecular weight excluding hydrogens is 497 g/mol. The molecule has 1 N–H and O–H groups in total. The van der Waals surface area contributed by atoms with Gasteiger partial charge in [0.1, 0.15) is 12.6 Å². The Morgan fingerprint density at radius 3 is 2.16 bits per heavy atom. The quantitative estimate of drug-likeness (QED) is 0.542. The fraction of sp³-hybridized carbons (Fsp3) is 0.333. The van der Waals surface area contributed by atoms with Crippen LogP contribution in [0.3, 0.4) is 0 Å². The van der Waals surface area contributed by atoms with Gasteiger partial charge in [0, 0.05) is 28.2 Å². The summed E-state index contributed by atoms with van der Waals surface area (Å²) >= 11 is 18.1. The van der Waals surface area contributed by atoms with Crippen molar-refractivity contribution in [1.82, 2.24) is 10.2 Å². The summed E-state index contributed by atoms with van der Waals surface area (Å²) in [6, 6.07) is 10.0. The number of halogens is 3. The molecule has 2 aromatic rings. The second-order valence-electron chi connectivity index (χ2n) is 7.07. The lowest BCUT2D eigenvalue weighted by atomic mass is 10.1. The minimum absolute atomic E-state index is 0.00858. The fourth-order valence-electron chi connectivity index (χ4n) is 2.96. The van der Waals surface area contributed by atoms with E-state index in [0.29, 0.717) is 27.2 Å². The van der Waals surface area contributed by atoms with Crippen molar-refractivity contribution in [3.05, 3.63) is 63.1 Å². The molecule has 32 heavy (non-hydrogen) atoms. The maximum Gasteiger partial charge on any atom is 0.244 e. The molecule has 0 unspecified atom stereocenters. The number of likely N-dealkylation sites (N-methyl/N-ethyl adjacent to an activating group) is 1. The van der Waals surface area contributed by atoms with Crippen molar-refractivity contribution in [2.45, 2.75) is 26.4 Å². The number of nitrogens with one attached hydrogen (secondary N) is 1. The molecule has 0 fully saturated rings. The Morgan fingerprint density at radius 1 is 1.03 bits per heavy atom. The van der Waals surface area contributed by atoms with Gasteiger partial charge in [-0.3, -0.25) is 13.9 Å². The molecule has 2 rings (SSSR count). The van der Waals surface area contributed by atoms with Gasteiger partial charge in [-0.05, 0) is 55.8 Å². The Kier molecular flexibility index (Phi) is 9.21. The van der Waals surface area contributed by atoms with Crippen LogP contribution >= 0.6 is 34.8 Å². The zero-order chi connectivity index (χ0) is 24.1. The molecule has 0 aliphatic carbocycles. The second-order valence-corrected chi connectivity index (χ2v) is 10.3. The number of carbonyl (C=O) groups excluding carboxylic acids is 2. The first-order valence-electron chi connectivity index (χ1n) is 9.68. The number of benzene rings is 2. The van der Waals surface area contributed by atoms with E-state index in [0.717, 1.165) is 10.6 Å². The van der Waals surface area contributed by atoms with Gasteiger partial charge < -0.3 is 10.2 Å². The van der Waals surface area contributed by atoms with E-state index < -0.39 is 28.5 Å². The summed E-state index contributed by atoms with van der Waals surface area (Å²) in [7, 11) is -3.80. The molecule has 0 aliphatic heterocycles. The summed E-state index contributed by atoms with van der Waals surface area (Å²) < 4.78 is 25.8. The molecule has 0 saturated heterocycles. The summed E-state index contributed by atoms with van der Waals surface area (Å²) in [5.41, 5.74) is 0.846. The Labute approximate surface area is 203 Å². The van der Waals surface area contributed by atoms with Crippen molar-refractivity contribution in [2.75, 3.05) is 23.7 Å². The number of nitrogens with zero attached hydrogens (tertiary/aromatic N) is 2. The topological polar surface area (TPSA) is 86.8 Å². The molecule has 0 aromatic heterocycles. The van der Waals surface area contributed by atoms with Crippen LogP contribution < -0.4 is 9.62 Å². The lowest BCUT2D eigenvalue weighted by molar-refractivity contribution is -0.139. The Hall–Kier alpha value is -2.00. The van der Waals surface area contributed by atoms with E-state index >= 15 is 0 Å². The van der Waals surface area contributed by atoms with Crippen molar-refractivity contribution in [2.24, 2.45) is 0 Å². The van der Waals surface area contributed by atoms with E-state index in [1.807, 2.05) is 0 Å². The van der Waals surface area contributed by atoms with Crippen LogP contribution in [0, 0.1) is 0 Å². The molecule has 7 nitrogen and oxygen atoms in total. The fourth-order valence-corrected chi connectivity index (χ4v) is 4.40. The van der Waals surface area contributed by atoms with Gasteiger partial charge in [-0.25, -0.2) is 8.42 Å². The molecule has 0 spiro atoms. The van der Waals surface area contributed by atoms with Crippen LogP contribution in [0.15, 0.2) is 42.5 Å². The molecule has 0 bridgehead atoms. The highest BCUT2D eigenvalue weighted by molar-refractivity contribution is 7.92. The second kappa shape index (κ2) is 11.2. The lowest BCUT2D eigenvalue weighted by Crippen LogP contribution is -2.51. The zero-order valence-electron chi connectivity index (χ0n) is 17.8. The molecule has 174 valence electrons. The van der Waals surface area contributed by atoms with Gasteiger partial charge in [0.05, 0.1) is 11.9 Å². The third-order valence-corrected chi connectivity index (χ3v) is 6.65. The predicted molar refractivity (Wildman–Crippen MR) is 129 cm³/mol. The maximum absolute atomic E-state index is 13.3. The summed E-state index contributed by atoms with van der Waals surface area (Å²) in [6.45, 7) is 3.20. The minimum Gasteiger partial charge on any atom is -0.355 e. The van der Waals surface area contributed by atoms with Gasteiger partial charge in [0.25, 0.3) is 0 Å². The molecule has 2 amide bonds. The molecule has 0 saturated carbocycles. The number of amides is 2. The van der Waals surface area contributed by atoms with Crippen LogP contribution in [0.25, 0.3) is 0 Å². The van der Waals surface area contributed by atoms with Gasteiger partial charge in [-0.15, -0.1) is 0 Å². The highest BCUT2D eigenvalue weighted by Crippen LogP contribution is 2.24. The minimum atomic E-state index is -3.80. The molecule has 1 atom stereocenters. The first kappa shape index (κ1) is 26.3. The van der Waals surface area contributed by atoms with E-state index in [9.17, 15) is 18.0 Å². The molecule has 2 aromatic carbocycles. The lowest BCUT2D eigenvalue weighted by Gasteiger charge is -2.31. The number of rotatable bonds is 9. The van der Waals surface area contributed by atoms with Gasteiger partial charge in [0.15, 0.2) is 0 Å². The van der Waals surface area contributed by atoms with E-state index in [1.165, 1.54) is 35.2 Å². The van der Waals surface area contributed by atoms with E-state index in [-0.39, 0.29) is 18.1 Å². The normalized spacial score (nSPS) is 12.2. The smallest absolute Gasteiger partial charge is 0.244 e. The molecule has 11 heteroatoms. The molecular formula is C21H24Cl3N3O4S. The monoisotopic (exact) mass is 519 g/mol. The van der Waals surface area contributed by atoms with E-state index in [4.69, 9.17) is 34.8 Å². The highest BCUT2D eigenvalue weighted by Gasteiger charge is 2.30. The van der Waals surface area contributed by atoms with Crippen LogP contribution in [0.1, 0.15) is 19.4 Å². The zero-order valence-corrected chi connectivity index (χ0v) is 20.9. The van der Waals surface area contributed by atoms with E-state index in [2.05, 4.69) is 5.32 Å². The number of anilines is 1. The molecule has 0 heterocycles. The number of carbonyl (C=O) groups is 2. The molecule has 0 radical (unpaired) electrons. The van der Waals surface area contributed by atoms with Crippen molar-refractivity contribution in [1.29, 1.82) is 0 Å². The van der Waals surface area contributed by atoms with Crippen molar-refractivity contribution in [3.63, 3.8) is 0 Å². The summed E-state index contributed by atoms with van der Waals surface area (Å²) in [6.07, 6.45) is 1.00. The summed E-state index contributed by atoms with van der Waals surface area (Å²) in [5.74, 6) is -0.946. The molecule has 0 aliphatic rings. The first-order valence-corrected chi connectivity index (χ1v) is 12.7. The Morgan fingerprint density at radius 2 is 1.62 bits per heavy atom. The SMILES string of the molecule is CCNC(=O)[C@H](C)N(Cc1ccc(Cl)cc1Cl)C(=O)CN(c1ccc(Cl)cc1)S(C)(=O)=O. The van der Waals surface area contributed by atoms with Crippen LogP contribution in [0.5, 0.6) is 0 Å². The number of hydrogen-bond donors (Lipinski definition) is 1. The third-order valence-electron chi connectivity index (χ3n) is 4.67. The van der Waals surface area contributed by atoms with Crippen LogP contribution in [0.4, 0.5) is 5.69 Å². The van der Waals surface area contributed by atoms with Gasteiger partial charge in [-0.2, -0.15) is 0 Å². The predicted octanol–water partition coefficient (Wildman–Crippen LogP) is 3.97. The van der Waals surface area contributed by atoms with Crippen LogP contribution in [-0.4, -0.2) is 50.5 Å². The third kappa shape index (κ3) is 7.00. The van der Waals surface area contributed by atoms with E-state index in [1.54, 1.807) is 26.0 Å². The summed E-state index contributed by atoms with van der Waals surface area (Å²) in [4.78, 5) is 27.1. The number of hydrogen-bond acceptors (Lipinski definition) is 4. The van der Waals surface area contributed by atoms with Gasteiger partial charge in [0.2, 0.25) is 21.8 Å². The largest absolute Gasteiger partial charge is 0.355 e. The van der Waals surface area contributed by atoms with Crippen molar-refractivity contribution >= 4 is 62.3 Å². The van der Waals surface area contributed by atoms with Gasteiger partial charge >= 0.3 is 0 Å². The van der Waals surface area contributed by atoms with Crippen molar-refractivity contribution < 1.29 is 18.0 Å². The first-order chi connectivity index (χ1) is 14.9. The Balaban J connectivity index is 2.40. The number of sulfonamides is 1. The van der Waals surface area contributed by atoms with Crippen LogP contribution in [-0.2, 0) is 26.2 Å². The van der Waals surface area contributed by atoms with Crippen molar-refractivity contribution in [3.8, 4) is 0 Å². The summed E-state index contributed by atoms with van der Waals surface area (Å²) in [5, 5.41) is 3.87. The highest BCUT2D eigenvalue weighted by atomic mass is 35.5. The maximum atomic E-state index is 13.3. The van der Waals surface area contributed by atoms with Gasteiger partial charge in [-0.1, -0.05) is 40.9 Å². The average Bonchev–Trinajstić information content (AvgIpc) is 2.71. The average molecular weight is 521 g/mol. The van der Waals surface area contributed by atoms with Crippen LogP contribution in [0.2, 0.25) is 15.1 Å². The Bertz CT molecular complexity index is 1080.